The lowest BCUT2D eigenvalue weighted by Crippen LogP contribution is -2.29. The highest BCUT2D eigenvalue weighted by atomic mass is 16.6. The van der Waals surface area contributed by atoms with Crippen molar-refractivity contribution in [2.45, 2.75) is 123 Å². The van der Waals surface area contributed by atoms with Gasteiger partial charge in [0.2, 0.25) is 0 Å². The second kappa shape index (κ2) is 19.0. The molecular weight excluding hydrogens is 392 g/mol. The minimum atomic E-state index is -0.392. The zero-order valence-corrected chi connectivity index (χ0v) is 20.3. The monoisotopic (exact) mass is 438 g/mol. The fourth-order valence-electron chi connectivity index (χ4n) is 3.57. The van der Waals surface area contributed by atoms with E-state index in [1.165, 1.54) is 83.5 Å². The summed E-state index contributed by atoms with van der Waals surface area (Å²) < 4.78 is 15.6. The van der Waals surface area contributed by atoms with Crippen molar-refractivity contribution in [2.24, 2.45) is 0 Å². The van der Waals surface area contributed by atoms with E-state index in [1.54, 1.807) is 13.0 Å². The molecule has 0 radical (unpaired) electrons. The van der Waals surface area contributed by atoms with Crippen LogP contribution in [0.15, 0.2) is 10.6 Å². The lowest BCUT2D eigenvalue weighted by molar-refractivity contribution is 0.0858. The Kier molecular flexibility index (Phi) is 16.7. The number of amides is 1. The number of ether oxygens (including phenoxy) is 2. The van der Waals surface area contributed by atoms with Gasteiger partial charge in [0.25, 0.3) is 5.88 Å². The molecule has 0 fully saturated rings. The first-order chi connectivity index (χ1) is 15.1. The van der Waals surface area contributed by atoms with Crippen molar-refractivity contribution in [2.75, 3.05) is 13.2 Å². The molecule has 180 valence electrons. The number of nitrogens with zero attached hydrogens (tertiary/aromatic N) is 1. The molecule has 1 atom stereocenters. The van der Waals surface area contributed by atoms with E-state index in [2.05, 4.69) is 17.4 Å². The van der Waals surface area contributed by atoms with Crippen molar-refractivity contribution >= 4 is 6.09 Å². The van der Waals surface area contributed by atoms with Crippen LogP contribution in [0.2, 0.25) is 0 Å². The van der Waals surface area contributed by atoms with E-state index in [4.69, 9.17) is 14.0 Å². The van der Waals surface area contributed by atoms with Crippen LogP contribution in [0.1, 0.15) is 116 Å². The number of alkyl carbamates (subject to hydrolysis) is 1. The average Bonchev–Trinajstić information content (AvgIpc) is 3.16. The number of carbonyl (C=O) groups excluding carboxylic acids is 1. The minimum absolute atomic E-state index is 0.177. The molecule has 0 spiro atoms. The second-order valence-corrected chi connectivity index (χ2v) is 8.68. The third-order valence-corrected chi connectivity index (χ3v) is 5.43. The largest absolute Gasteiger partial charge is 0.469 e. The standard InChI is InChI=1S/C25H46N2O4/c1-4-5-6-7-8-9-10-11-12-13-14-15-16-17-18-19-26-25(28)29-21-23(3)30-24-20-22(2)31-27-24/h20,23H,4-19,21H2,1-3H3,(H,26,28). The van der Waals surface area contributed by atoms with E-state index in [0.717, 1.165) is 12.8 Å². The minimum Gasteiger partial charge on any atom is -0.469 e. The van der Waals surface area contributed by atoms with Crippen molar-refractivity contribution in [3.05, 3.63) is 11.8 Å². The summed E-state index contributed by atoms with van der Waals surface area (Å²) in [6.07, 6.45) is 19.4. The van der Waals surface area contributed by atoms with Crippen LogP contribution in [-0.2, 0) is 4.74 Å². The maximum atomic E-state index is 11.7. The fraction of sp³-hybridized carbons (Fsp3) is 0.840. The molecule has 6 nitrogen and oxygen atoms in total. The molecule has 1 aromatic heterocycles. The highest BCUT2D eigenvalue weighted by molar-refractivity contribution is 5.67. The Morgan fingerprint density at radius 2 is 1.45 bits per heavy atom. The topological polar surface area (TPSA) is 73.6 Å². The Bertz CT molecular complexity index is 547. The summed E-state index contributed by atoms with van der Waals surface area (Å²) >= 11 is 0. The van der Waals surface area contributed by atoms with Gasteiger partial charge in [-0.3, -0.25) is 0 Å². The van der Waals surface area contributed by atoms with Gasteiger partial charge in [0.05, 0.1) is 0 Å². The van der Waals surface area contributed by atoms with Crippen LogP contribution < -0.4 is 10.1 Å². The zero-order valence-electron chi connectivity index (χ0n) is 20.3. The van der Waals surface area contributed by atoms with Gasteiger partial charge >= 0.3 is 6.09 Å². The number of hydrogen-bond acceptors (Lipinski definition) is 5. The molecule has 0 bridgehead atoms. The Balaban J connectivity index is 1.80. The van der Waals surface area contributed by atoms with Gasteiger partial charge in [0, 0.05) is 12.6 Å². The van der Waals surface area contributed by atoms with Crippen LogP contribution in [0.5, 0.6) is 5.88 Å². The zero-order chi connectivity index (χ0) is 22.6. The van der Waals surface area contributed by atoms with Gasteiger partial charge < -0.3 is 19.3 Å². The van der Waals surface area contributed by atoms with E-state index < -0.39 is 6.09 Å². The molecule has 0 saturated carbocycles. The predicted octanol–water partition coefficient (Wildman–Crippen LogP) is 7.35. The molecule has 6 heteroatoms. The van der Waals surface area contributed by atoms with E-state index in [9.17, 15) is 4.79 Å². The summed E-state index contributed by atoms with van der Waals surface area (Å²) in [5, 5.41) is 6.56. The maximum absolute atomic E-state index is 11.7. The Hall–Kier alpha value is -1.72. The van der Waals surface area contributed by atoms with E-state index in [0.29, 0.717) is 18.2 Å². The number of unbranched alkanes of at least 4 members (excludes halogenated alkanes) is 14. The Labute approximate surface area is 189 Å². The normalized spacial score (nSPS) is 12.0. The summed E-state index contributed by atoms with van der Waals surface area (Å²) in [6, 6.07) is 1.70. The molecule has 1 rings (SSSR count). The van der Waals surface area contributed by atoms with Crippen LogP contribution in [0.4, 0.5) is 4.79 Å². The van der Waals surface area contributed by atoms with Gasteiger partial charge in [0.15, 0.2) is 0 Å². The van der Waals surface area contributed by atoms with Crippen LogP contribution in [0.25, 0.3) is 0 Å². The van der Waals surface area contributed by atoms with Crippen LogP contribution >= 0.6 is 0 Å². The summed E-state index contributed by atoms with van der Waals surface area (Å²) in [4.78, 5) is 11.7. The molecule has 1 amide bonds. The van der Waals surface area contributed by atoms with Gasteiger partial charge in [-0.2, -0.15) is 0 Å². The molecule has 0 saturated heterocycles. The third-order valence-electron chi connectivity index (χ3n) is 5.43. The highest BCUT2D eigenvalue weighted by Gasteiger charge is 2.10. The summed E-state index contributed by atoms with van der Waals surface area (Å²) in [6.45, 7) is 6.74. The van der Waals surface area contributed by atoms with Gasteiger partial charge in [-0.1, -0.05) is 96.8 Å². The summed E-state index contributed by atoms with van der Waals surface area (Å²) in [5.74, 6) is 1.09. The van der Waals surface area contributed by atoms with Gasteiger partial charge in [-0.05, 0) is 25.4 Å². The van der Waals surface area contributed by atoms with Crippen molar-refractivity contribution in [1.82, 2.24) is 10.5 Å². The van der Waals surface area contributed by atoms with Gasteiger partial charge in [0.1, 0.15) is 18.5 Å². The van der Waals surface area contributed by atoms with Crippen LogP contribution in [0.3, 0.4) is 0 Å². The molecule has 1 N–H and O–H groups in total. The number of hydrogen-bond donors (Lipinski definition) is 1. The average molecular weight is 439 g/mol. The predicted molar refractivity (Wildman–Crippen MR) is 126 cm³/mol. The number of aromatic nitrogens is 1. The van der Waals surface area contributed by atoms with Crippen molar-refractivity contribution in [3.8, 4) is 5.88 Å². The number of rotatable bonds is 20. The molecule has 0 aliphatic rings. The summed E-state index contributed by atoms with van der Waals surface area (Å²) in [7, 11) is 0. The van der Waals surface area contributed by atoms with Gasteiger partial charge in [-0.25, -0.2) is 4.79 Å². The van der Waals surface area contributed by atoms with Crippen LogP contribution in [-0.4, -0.2) is 30.5 Å². The quantitative estimate of drug-likeness (QED) is 0.215. The molecule has 31 heavy (non-hydrogen) atoms. The van der Waals surface area contributed by atoms with E-state index >= 15 is 0 Å². The van der Waals surface area contributed by atoms with Crippen molar-refractivity contribution in [1.29, 1.82) is 0 Å². The molecule has 1 heterocycles. The Morgan fingerprint density at radius 1 is 0.935 bits per heavy atom. The number of nitrogens with one attached hydrogen (secondary N) is 1. The molecule has 0 aliphatic heterocycles. The lowest BCUT2D eigenvalue weighted by Gasteiger charge is -2.13. The third kappa shape index (κ3) is 16.6. The number of carbonyl (C=O) groups is 1. The smallest absolute Gasteiger partial charge is 0.407 e. The van der Waals surface area contributed by atoms with Crippen molar-refractivity contribution in [3.63, 3.8) is 0 Å². The Morgan fingerprint density at radius 3 is 1.94 bits per heavy atom. The number of aryl methyl sites for hydroxylation is 1. The van der Waals surface area contributed by atoms with Crippen LogP contribution in [0, 0.1) is 6.92 Å². The first-order valence-electron chi connectivity index (χ1n) is 12.6. The molecule has 0 aliphatic carbocycles. The molecule has 1 aromatic rings. The molecule has 1 unspecified atom stereocenters. The maximum Gasteiger partial charge on any atom is 0.407 e. The van der Waals surface area contributed by atoms with Crippen molar-refractivity contribution < 1.29 is 18.8 Å². The van der Waals surface area contributed by atoms with Gasteiger partial charge in [-0.15, -0.1) is 0 Å². The lowest BCUT2D eigenvalue weighted by atomic mass is 10.0. The molecule has 0 aromatic carbocycles. The van der Waals surface area contributed by atoms with E-state index in [1.807, 2.05) is 6.92 Å². The highest BCUT2D eigenvalue weighted by Crippen LogP contribution is 2.13. The SMILES string of the molecule is CCCCCCCCCCCCCCCCCNC(=O)OCC(C)Oc1cc(C)on1. The first kappa shape index (κ1) is 27.3. The summed E-state index contributed by atoms with van der Waals surface area (Å²) in [5.41, 5.74) is 0. The molecular formula is C25H46N2O4. The first-order valence-corrected chi connectivity index (χ1v) is 12.6. The second-order valence-electron chi connectivity index (χ2n) is 8.68. The van der Waals surface area contributed by atoms with E-state index in [-0.39, 0.29) is 12.7 Å². The fourth-order valence-corrected chi connectivity index (χ4v) is 3.57.